The zero-order valence-corrected chi connectivity index (χ0v) is 18.8. The van der Waals surface area contributed by atoms with Crippen LogP contribution in [0.3, 0.4) is 0 Å². The van der Waals surface area contributed by atoms with Gasteiger partial charge in [0.25, 0.3) is 0 Å². The summed E-state index contributed by atoms with van der Waals surface area (Å²) in [5.74, 6) is 0.400. The minimum atomic E-state index is -3.71. The smallest absolute Gasteiger partial charge is 0.243 e. The molecule has 1 N–H and O–H groups in total. The van der Waals surface area contributed by atoms with E-state index in [1.165, 1.54) is 18.2 Å². The lowest BCUT2D eigenvalue weighted by Gasteiger charge is -2.30. The number of hydrogen-bond donors (Lipinski definition) is 1. The van der Waals surface area contributed by atoms with Crippen LogP contribution in [0, 0.1) is 0 Å². The van der Waals surface area contributed by atoms with Gasteiger partial charge in [0, 0.05) is 27.1 Å². The molecule has 1 atom stereocenters. The lowest BCUT2D eigenvalue weighted by Crippen LogP contribution is -2.49. The molecule has 9 heteroatoms. The van der Waals surface area contributed by atoms with Gasteiger partial charge in [-0.2, -0.15) is 11.8 Å². The molecule has 5 nitrogen and oxygen atoms in total. The van der Waals surface area contributed by atoms with E-state index in [1.54, 1.807) is 18.7 Å². The van der Waals surface area contributed by atoms with Crippen LogP contribution in [-0.2, 0) is 14.8 Å². The molecule has 0 fully saturated rings. The monoisotopic (exact) mass is 440 g/mol. The van der Waals surface area contributed by atoms with Crippen molar-refractivity contribution < 1.29 is 13.2 Å². The number of amides is 1. The van der Waals surface area contributed by atoms with E-state index in [1.807, 2.05) is 0 Å². The summed E-state index contributed by atoms with van der Waals surface area (Å²) in [5.41, 5.74) is 0.274. The first-order valence-corrected chi connectivity index (χ1v) is 11.8. The summed E-state index contributed by atoms with van der Waals surface area (Å²) in [4.78, 5) is 12.6. The zero-order valence-electron chi connectivity index (χ0n) is 15.7. The van der Waals surface area contributed by atoms with Gasteiger partial charge in [-0.05, 0) is 24.6 Å². The Morgan fingerprint density at radius 1 is 1.23 bits per heavy atom. The molecule has 0 aliphatic rings. The topological polar surface area (TPSA) is 66.5 Å². The molecular formula is C17H26Cl2N2O3S2. The molecule has 0 saturated carbocycles. The molecule has 1 rings (SSSR count). The van der Waals surface area contributed by atoms with E-state index >= 15 is 0 Å². The number of halogens is 2. The van der Waals surface area contributed by atoms with Gasteiger partial charge in [-0.25, -0.2) is 8.42 Å². The quantitative estimate of drug-likeness (QED) is 0.615. The van der Waals surface area contributed by atoms with Gasteiger partial charge in [-0.1, -0.05) is 50.9 Å². The first-order chi connectivity index (χ1) is 11.8. The first kappa shape index (κ1) is 23.4. The second-order valence-corrected chi connectivity index (χ2v) is 11.5. The fourth-order valence-corrected chi connectivity index (χ4v) is 4.90. The van der Waals surface area contributed by atoms with Crippen molar-refractivity contribution in [2.45, 2.75) is 44.9 Å². The molecule has 0 unspecified atom stereocenters. The van der Waals surface area contributed by atoms with Gasteiger partial charge in [0.2, 0.25) is 15.9 Å². The van der Waals surface area contributed by atoms with Crippen molar-refractivity contribution in [2.24, 2.45) is 0 Å². The number of carbonyl (C=O) groups excluding carboxylic acids is 1. The second kappa shape index (κ2) is 9.53. The van der Waals surface area contributed by atoms with Crippen LogP contribution < -0.4 is 9.62 Å². The van der Waals surface area contributed by atoms with Crippen LogP contribution in [0.15, 0.2) is 18.2 Å². The van der Waals surface area contributed by atoms with Crippen LogP contribution in [0.4, 0.5) is 5.69 Å². The van der Waals surface area contributed by atoms with E-state index in [-0.39, 0.29) is 16.3 Å². The summed E-state index contributed by atoms with van der Waals surface area (Å²) in [6.07, 6.45) is 1.38. The molecule has 1 amide bonds. The van der Waals surface area contributed by atoms with E-state index in [4.69, 9.17) is 23.2 Å². The van der Waals surface area contributed by atoms with Crippen LogP contribution in [-0.4, -0.2) is 43.7 Å². The summed E-state index contributed by atoms with van der Waals surface area (Å²) in [7, 11) is -3.71. The number of anilines is 1. The van der Waals surface area contributed by atoms with Crippen LogP contribution in [0.2, 0.25) is 10.0 Å². The number of hydrogen-bond acceptors (Lipinski definition) is 4. The van der Waals surface area contributed by atoms with E-state index in [9.17, 15) is 13.2 Å². The van der Waals surface area contributed by atoms with Crippen molar-refractivity contribution in [1.29, 1.82) is 0 Å². The van der Waals surface area contributed by atoms with E-state index in [0.29, 0.717) is 23.0 Å². The Balaban J connectivity index is 3.02. The summed E-state index contributed by atoms with van der Waals surface area (Å²) in [6, 6.07) is 3.61. The highest BCUT2D eigenvalue weighted by Gasteiger charge is 2.31. The highest BCUT2D eigenvalue weighted by molar-refractivity contribution is 8.00. The van der Waals surface area contributed by atoms with Gasteiger partial charge in [0.1, 0.15) is 6.04 Å². The van der Waals surface area contributed by atoms with Crippen molar-refractivity contribution in [3.8, 4) is 0 Å². The average Bonchev–Trinajstić information content (AvgIpc) is 2.45. The lowest BCUT2D eigenvalue weighted by atomic mass is 10.2. The zero-order chi connectivity index (χ0) is 20.1. The van der Waals surface area contributed by atoms with Gasteiger partial charge in [-0.3, -0.25) is 9.10 Å². The molecule has 0 spiro atoms. The number of thioether (sulfide) groups is 1. The van der Waals surface area contributed by atoms with Crippen molar-refractivity contribution in [3.63, 3.8) is 0 Å². The van der Waals surface area contributed by atoms with Gasteiger partial charge >= 0.3 is 0 Å². The number of nitrogens with one attached hydrogen (secondary N) is 1. The molecule has 0 radical (unpaired) electrons. The minimum absolute atomic E-state index is 0.102. The van der Waals surface area contributed by atoms with Gasteiger partial charge in [-0.15, -0.1) is 0 Å². The van der Waals surface area contributed by atoms with Crippen molar-refractivity contribution >= 4 is 56.6 Å². The molecule has 148 valence electrons. The number of sulfonamides is 1. The molecule has 1 aromatic rings. The van der Waals surface area contributed by atoms with E-state index in [0.717, 1.165) is 16.3 Å². The van der Waals surface area contributed by atoms with Crippen LogP contribution in [0.1, 0.15) is 34.1 Å². The third kappa shape index (κ3) is 7.55. The number of benzene rings is 1. The Morgan fingerprint density at radius 3 is 2.19 bits per heavy atom. The standard InChI is InChI=1S/C17H26Cl2N2O3S2/c1-6-15(16(22)20-7-8-25-17(2,3)4)21(26(5,23)24)14-10-12(18)9-13(19)11-14/h9-11,15H,6-8H2,1-5H3,(H,20,22)/t15-/m1/s1. The number of nitrogens with zero attached hydrogens (tertiary/aromatic N) is 1. The molecule has 0 aromatic heterocycles. The number of carbonyl (C=O) groups is 1. The molecule has 0 aliphatic heterocycles. The Bertz CT molecular complexity index is 714. The maximum Gasteiger partial charge on any atom is 0.243 e. The minimum Gasteiger partial charge on any atom is -0.353 e. The van der Waals surface area contributed by atoms with Gasteiger partial charge in [0.15, 0.2) is 0 Å². The third-order valence-electron chi connectivity index (χ3n) is 3.37. The van der Waals surface area contributed by atoms with Crippen molar-refractivity contribution in [2.75, 3.05) is 22.9 Å². The Morgan fingerprint density at radius 2 is 1.77 bits per heavy atom. The van der Waals surface area contributed by atoms with Crippen molar-refractivity contribution in [1.82, 2.24) is 5.32 Å². The van der Waals surface area contributed by atoms with E-state index < -0.39 is 16.1 Å². The molecule has 1 aromatic carbocycles. The Hall–Kier alpha value is -0.630. The van der Waals surface area contributed by atoms with Crippen LogP contribution in [0.25, 0.3) is 0 Å². The largest absolute Gasteiger partial charge is 0.353 e. The molecular weight excluding hydrogens is 415 g/mol. The summed E-state index contributed by atoms with van der Waals surface area (Å²) < 4.78 is 25.9. The van der Waals surface area contributed by atoms with Gasteiger partial charge in [0.05, 0.1) is 11.9 Å². The fraction of sp³-hybridized carbons (Fsp3) is 0.588. The maximum atomic E-state index is 12.6. The highest BCUT2D eigenvalue weighted by Crippen LogP contribution is 2.29. The second-order valence-electron chi connectivity index (χ2n) is 6.86. The normalized spacial score (nSPS) is 13.3. The summed E-state index contributed by atoms with van der Waals surface area (Å²) in [5, 5.41) is 3.43. The molecule has 0 aliphatic carbocycles. The Labute approximate surface area is 170 Å². The molecule has 0 heterocycles. The predicted molar refractivity (Wildman–Crippen MR) is 113 cm³/mol. The number of rotatable bonds is 8. The highest BCUT2D eigenvalue weighted by atomic mass is 35.5. The average molecular weight is 441 g/mol. The summed E-state index contributed by atoms with van der Waals surface area (Å²) >= 11 is 13.7. The molecule has 0 bridgehead atoms. The first-order valence-electron chi connectivity index (χ1n) is 8.22. The SMILES string of the molecule is CC[C@H](C(=O)NCCSC(C)(C)C)N(c1cc(Cl)cc(Cl)c1)S(C)(=O)=O. The maximum absolute atomic E-state index is 12.6. The van der Waals surface area contributed by atoms with Crippen LogP contribution in [0.5, 0.6) is 0 Å². The Kier molecular flexibility index (Phi) is 8.58. The molecule has 26 heavy (non-hydrogen) atoms. The van der Waals surface area contributed by atoms with E-state index in [2.05, 4.69) is 26.1 Å². The molecule has 0 saturated heterocycles. The third-order valence-corrected chi connectivity index (χ3v) is 6.26. The van der Waals surface area contributed by atoms with Crippen molar-refractivity contribution in [3.05, 3.63) is 28.2 Å². The predicted octanol–water partition coefficient (Wildman–Crippen LogP) is 4.19. The summed E-state index contributed by atoms with van der Waals surface area (Å²) in [6.45, 7) is 8.53. The van der Waals surface area contributed by atoms with Crippen LogP contribution >= 0.6 is 35.0 Å². The van der Waals surface area contributed by atoms with Gasteiger partial charge < -0.3 is 5.32 Å². The lowest BCUT2D eigenvalue weighted by molar-refractivity contribution is -0.122. The fourth-order valence-electron chi connectivity index (χ4n) is 2.38.